The van der Waals surface area contributed by atoms with Gasteiger partial charge in [-0.1, -0.05) is 6.08 Å². The van der Waals surface area contributed by atoms with Gasteiger partial charge in [-0.2, -0.15) is 13.4 Å². The molecule has 0 aliphatic heterocycles. The third-order valence-corrected chi connectivity index (χ3v) is 6.81. The van der Waals surface area contributed by atoms with Gasteiger partial charge in [0.25, 0.3) is 0 Å². The van der Waals surface area contributed by atoms with E-state index in [1.807, 2.05) is 47.4 Å². The minimum atomic E-state index is -2.25. The maximum atomic E-state index is 11.3. The van der Waals surface area contributed by atoms with Crippen LogP contribution in [0.4, 0.5) is 23.1 Å². The van der Waals surface area contributed by atoms with E-state index in [2.05, 4.69) is 9.97 Å². The highest BCUT2D eigenvalue weighted by Gasteiger charge is 2.18. The van der Waals surface area contributed by atoms with E-state index in [9.17, 15) is 8.42 Å². The highest BCUT2D eigenvalue weighted by atomic mass is 32.2. The minimum Gasteiger partial charge on any atom is -0.493 e. The molecule has 1 heterocycles. The molecule has 39 heavy (non-hydrogen) atoms. The van der Waals surface area contributed by atoms with Crippen LogP contribution >= 0.6 is 0 Å². The van der Waals surface area contributed by atoms with E-state index in [1.165, 1.54) is 0 Å². The first-order valence-electron chi connectivity index (χ1n) is 12.0. The predicted octanol–water partition coefficient (Wildman–Crippen LogP) is 2.61. The Kier molecular flexibility index (Phi) is 8.56. The number of hydrogen-bond acceptors (Lipinski definition) is 11. The number of allylic oxidation sites excluding steroid dienone is 3. The third-order valence-electron chi connectivity index (χ3n) is 6.08. The summed E-state index contributed by atoms with van der Waals surface area (Å²) in [5, 5.41) is 0. The first-order chi connectivity index (χ1) is 18.8. The normalized spacial score (nSPS) is 12.6. The minimum absolute atomic E-state index is 0.113. The average Bonchev–Trinajstić information content (AvgIpc) is 2.93. The number of ether oxygens (including phenoxy) is 3. The van der Waals surface area contributed by atoms with Gasteiger partial charge in [-0.25, -0.2) is 4.98 Å². The summed E-state index contributed by atoms with van der Waals surface area (Å²) in [6.45, 7) is 0.716. The maximum absolute atomic E-state index is 11.3. The van der Waals surface area contributed by atoms with Gasteiger partial charge in [-0.05, 0) is 54.1 Å². The zero-order chi connectivity index (χ0) is 27.9. The number of nitrogens with two attached hydrogens (primary N) is 3. The molecular weight excluding hydrogens is 520 g/mol. The van der Waals surface area contributed by atoms with Gasteiger partial charge in [0.1, 0.15) is 12.4 Å². The number of methoxy groups -OCH3 is 2. The second-order valence-corrected chi connectivity index (χ2v) is 9.60. The lowest BCUT2D eigenvalue weighted by Crippen LogP contribution is -2.28. The number of hydrogen-bond donors (Lipinski definition) is 3. The van der Waals surface area contributed by atoms with Gasteiger partial charge in [0, 0.05) is 41.7 Å². The molecule has 0 atom stereocenters. The Morgan fingerprint density at radius 1 is 1.00 bits per heavy atom. The Bertz CT molecular complexity index is 1520. The molecule has 0 unspecified atom stereocenters. The number of aromatic nitrogens is 2. The smallest absolute Gasteiger partial charge is 0.221 e. The molecule has 0 radical (unpaired) electrons. The average molecular weight is 551 g/mol. The van der Waals surface area contributed by atoms with Crippen LogP contribution in [0.25, 0.3) is 0 Å². The Balaban J connectivity index is 1.55. The van der Waals surface area contributed by atoms with Crippen LogP contribution in [0.2, 0.25) is 0 Å². The van der Waals surface area contributed by atoms with Crippen LogP contribution in [0.15, 0.2) is 66.5 Å². The van der Waals surface area contributed by atoms with E-state index >= 15 is 0 Å². The van der Waals surface area contributed by atoms with Gasteiger partial charge >= 0.3 is 0 Å². The summed E-state index contributed by atoms with van der Waals surface area (Å²) in [5.41, 5.74) is 21.4. The molecule has 0 spiro atoms. The van der Waals surface area contributed by atoms with Gasteiger partial charge in [0.05, 0.1) is 25.6 Å². The molecule has 11 nitrogen and oxygen atoms in total. The summed E-state index contributed by atoms with van der Waals surface area (Å²) in [4.78, 5) is 10.4. The van der Waals surface area contributed by atoms with E-state index in [-0.39, 0.29) is 12.6 Å². The summed E-state index contributed by atoms with van der Waals surface area (Å²) < 4.78 is 40.1. The highest BCUT2D eigenvalue weighted by molar-refractivity contribution is 7.73. The number of nitrogens with zero attached hydrogens (tertiary/aromatic N) is 3. The summed E-state index contributed by atoms with van der Waals surface area (Å²) in [5.74, 6) is 1.86. The van der Waals surface area contributed by atoms with Crippen LogP contribution in [0.5, 0.6) is 17.2 Å². The summed E-state index contributed by atoms with van der Waals surface area (Å²) >= 11 is 0. The lowest BCUT2D eigenvalue weighted by molar-refractivity contribution is 0.280. The molecule has 1 aliphatic carbocycles. The zero-order valence-electron chi connectivity index (χ0n) is 21.6. The fraction of sp³-hybridized carbons (Fsp3) is 0.222. The van der Waals surface area contributed by atoms with Gasteiger partial charge in [-0.15, -0.1) is 0 Å². The first-order valence-corrected chi connectivity index (χ1v) is 13.1. The van der Waals surface area contributed by atoms with E-state index in [1.54, 1.807) is 32.6 Å². The molecule has 2 aromatic carbocycles. The molecule has 0 amide bonds. The summed E-state index contributed by atoms with van der Waals surface area (Å²) in [6, 6.07) is 11.1. The van der Waals surface area contributed by atoms with Crippen molar-refractivity contribution in [3.8, 4) is 17.2 Å². The molecule has 12 heteroatoms. The van der Waals surface area contributed by atoms with Crippen molar-refractivity contribution in [1.82, 2.24) is 9.97 Å². The molecule has 0 bridgehead atoms. The maximum Gasteiger partial charge on any atom is 0.221 e. The molecule has 1 aromatic heterocycles. The van der Waals surface area contributed by atoms with Gasteiger partial charge in [0.15, 0.2) is 11.5 Å². The van der Waals surface area contributed by atoms with Crippen molar-refractivity contribution in [3.05, 3.63) is 77.6 Å². The van der Waals surface area contributed by atoms with Crippen molar-refractivity contribution in [2.24, 2.45) is 0 Å². The Hall–Kier alpha value is -4.71. The highest BCUT2D eigenvalue weighted by Crippen LogP contribution is 2.39. The molecule has 1 aliphatic rings. The number of rotatable bonds is 10. The monoisotopic (exact) mass is 550 g/mol. The van der Waals surface area contributed by atoms with Crippen molar-refractivity contribution < 1.29 is 22.6 Å². The largest absolute Gasteiger partial charge is 0.493 e. The number of benzene rings is 2. The number of anilines is 4. The molecule has 0 fully saturated rings. The summed E-state index contributed by atoms with van der Waals surface area (Å²) in [7, 11) is 0.853. The van der Waals surface area contributed by atoms with Crippen LogP contribution in [0.1, 0.15) is 17.5 Å². The van der Waals surface area contributed by atoms with E-state index in [0.717, 1.165) is 22.5 Å². The predicted molar refractivity (Wildman–Crippen MR) is 153 cm³/mol. The van der Waals surface area contributed by atoms with Crippen molar-refractivity contribution in [2.75, 3.05) is 49.5 Å². The van der Waals surface area contributed by atoms with Crippen LogP contribution in [0.3, 0.4) is 0 Å². The van der Waals surface area contributed by atoms with Crippen LogP contribution in [0, 0.1) is 0 Å². The van der Waals surface area contributed by atoms with Crippen LogP contribution < -0.4 is 36.3 Å². The molecule has 6 N–H and O–H groups in total. The Labute approximate surface area is 228 Å². The molecule has 0 saturated heterocycles. The molecular formula is C27H30N6O5S. The molecule has 4 rings (SSSR count). The van der Waals surface area contributed by atoms with Crippen molar-refractivity contribution in [3.63, 3.8) is 0 Å². The lowest BCUT2D eigenvalue weighted by atomic mass is 10.1. The Morgan fingerprint density at radius 2 is 1.69 bits per heavy atom. The fourth-order valence-corrected chi connectivity index (χ4v) is 4.51. The number of nitrogen functional groups attached to an aromatic ring is 3. The van der Waals surface area contributed by atoms with Crippen molar-refractivity contribution >= 4 is 38.3 Å². The SMILES string of the molecule is COc1cc(Cc2cnc(N)nc2N)cc(OC)c1OCCN(C1=CCC(=S(=O)=O)C=C1)c1ccc(N)cc1. The van der Waals surface area contributed by atoms with E-state index in [0.29, 0.717) is 53.0 Å². The second-order valence-electron chi connectivity index (χ2n) is 8.60. The van der Waals surface area contributed by atoms with Gasteiger partial charge in [0.2, 0.25) is 22.0 Å². The fourth-order valence-electron chi connectivity index (χ4n) is 4.11. The quantitative estimate of drug-likeness (QED) is 0.250. The van der Waals surface area contributed by atoms with E-state index < -0.39 is 10.3 Å². The topological polar surface area (TPSA) is 169 Å². The summed E-state index contributed by atoms with van der Waals surface area (Å²) in [6.07, 6.45) is 7.58. The van der Waals surface area contributed by atoms with Crippen molar-refractivity contribution in [2.45, 2.75) is 12.8 Å². The Morgan fingerprint density at radius 3 is 2.26 bits per heavy atom. The second kappa shape index (κ2) is 12.2. The van der Waals surface area contributed by atoms with Crippen LogP contribution in [-0.2, 0) is 16.7 Å². The van der Waals surface area contributed by atoms with Crippen LogP contribution in [-0.4, -0.2) is 50.6 Å². The third kappa shape index (κ3) is 6.60. The van der Waals surface area contributed by atoms with Crippen molar-refractivity contribution in [1.29, 1.82) is 0 Å². The lowest BCUT2D eigenvalue weighted by Gasteiger charge is -2.28. The standard InChI is InChI=1S/C27H30N6O5S/c1-36-23-14-17(13-18-16-31-27(30)32-26(18)29)15-24(37-2)25(23)38-12-11-33(20-5-3-19(28)4-6-20)21-7-9-22(10-8-21)39(34)35/h3-9,14-16H,10-13,28H2,1-2H3,(H4,29,30,31,32). The van der Waals surface area contributed by atoms with E-state index in [4.69, 9.17) is 31.4 Å². The molecule has 204 valence electrons. The molecule has 3 aromatic rings. The van der Waals surface area contributed by atoms with Gasteiger partial charge < -0.3 is 36.3 Å². The molecule has 0 saturated carbocycles. The first kappa shape index (κ1) is 27.3. The zero-order valence-corrected chi connectivity index (χ0v) is 22.4. The van der Waals surface area contributed by atoms with Gasteiger partial charge in [-0.3, -0.25) is 0 Å².